The van der Waals surface area contributed by atoms with E-state index in [1.165, 1.54) is 0 Å². The van der Waals surface area contributed by atoms with Crippen LogP contribution in [0.4, 0.5) is 6.01 Å². The minimum Gasteiger partial charge on any atom is -0.464 e. The summed E-state index contributed by atoms with van der Waals surface area (Å²) in [6.07, 6.45) is 0.902. The standard InChI is InChI=1S/C10H13N3O2/c1-3-8-4-5-9(14-8)6-11-10-12-7(2)13-15-10/h4-5H,3,6H2,1-2H3,(H,11,12,13). The smallest absolute Gasteiger partial charge is 0.321 e. The molecule has 5 nitrogen and oxygen atoms in total. The van der Waals surface area contributed by atoms with Crippen molar-refractivity contribution in [3.63, 3.8) is 0 Å². The van der Waals surface area contributed by atoms with Gasteiger partial charge in [-0.15, -0.1) is 0 Å². The van der Waals surface area contributed by atoms with Gasteiger partial charge < -0.3 is 14.3 Å². The van der Waals surface area contributed by atoms with E-state index in [2.05, 4.69) is 22.4 Å². The maximum Gasteiger partial charge on any atom is 0.321 e. The average molecular weight is 207 g/mol. The van der Waals surface area contributed by atoms with E-state index in [4.69, 9.17) is 8.94 Å². The van der Waals surface area contributed by atoms with Crippen molar-refractivity contribution in [1.82, 2.24) is 10.1 Å². The van der Waals surface area contributed by atoms with Crippen LogP contribution in [0, 0.1) is 6.92 Å². The second-order valence-corrected chi connectivity index (χ2v) is 3.22. The summed E-state index contributed by atoms with van der Waals surface area (Å²) in [5, 5.41) is 6.66. The van der Waals surface area contributed by atoms with Crippen molar-refractivity contribution in [2.24, 2.45) is 0 Å². The van der Waals surface area contributed by atoms with E-state index in [-0.39, 0.29) is 0 Å². The molecule has 0 fully saturated rings. The van der Waals surface area contributed by atoms with Gasteiger partial charge in [0.1, 0.15) is 11.5 Å². The molecule has 80 valence electrons. The molecule has 0 aliphatic carbocycles. The Labute approximate surface area is 87.5 Å². The molecule has 0 spiro atoms. The first-order valence-electron chi connectivity index (χ1n) is 4.89. The predicted octanol–water partition coefficient (Wildman–Crippen LogP) is 2.15. The summed E-state index contributed by atoms with van der Waals surface area (Å²) in [5.74, 6) is 2.46. The average Bonchev–Trinajstić information content (AvgIpc) is 2.83. The summed E-state index contributed by atoms with van der Waals surface area (Å²) in [6, 6.07) is 4.33. The van der Waals surface area contributed by atoms with Crippen LogP contribution in [0.3, 0.4) is 0 Å². The third-order valence-electron chi connectivity index (χ3n) is 2.01. The quantitative estimate of drug-likeness (QED) is 0.832. The first kappa shape index (κ1) is 9.76. The number of rotatable bonds is 4. The molecule has 2 heterocycles. The van der Waals surface area contributed by atoms with Gasteiger partial charge >= 0.3 is 6.01 Å². The van der Waals surface area contributed by atoms with E-state index in [1.54, 1.807) is 6.92 Å². The van der Waals surface area contributed by atoms with Crippen LogP contribution in [-0.4, -0.2) is 10.1 Å². The Kier molecular flexibility index (Phi) is 2.71. The van der Waals surface area contributed by atoms with Gasteiger partial charge in [0.05, 0.1) is 6.54 Å². The Morgan fingerprint density at radius 2 is 2.13 bits per heavy atom. The molecule has 0 saturated heterocycles. The third kappa shape index (κ3) is 2.37. The first-order valence-corrected chi connectivity index (χ1v) is 4.89. The molecule has 0 atom stereocenters. The normalized spacial score (nSPS) is 10.5. The highest BCUT2D eigenvalue weighted by molar-refractivity contribution is 5.20. The van der Waals surface area contributed by atoms with Gasteiger partial charge in [-0.1, -0.05) is 12.1 Å². The Bertz CT molecular complexity index is 433. The lowest BCUT2D eigenvalue weighted by molar-refractivity contribution is 0.421. The lowest BCUT2D eigenvalue weighted by atomic mass is 10.3. The van der Waals surface area contributed by atoms with E-state index in [0.717, 1.165) is 17.9 Å². The minimum absolute atomic E-state index is 0.418. The van der Waals surface area contributed by atoms with Gasteiger partial charge in [-0.3, -0.25) is 0 Å². The number of furan rings is 1. The van der Waals surface area contributed by atoms with Crippen molar-refractivity contribution in [2.45, 2.75) is 26.8 Å². The van der Waals surface area contributed by atoms with Gasteiger partial charge in [-0.2, -0.15) is 4.98 Å². The summed E-state index contributed by atoms with van der Waals surface area (Å²) in [4.78, 5) is 4.02. The zero-order chi connectivity index (χ0) is 10.7. The van der Waals surface area contributed by atoms with Crippen molar-refractivity contribution in [3.05, 3.63) is 29.5 Å². The van der Waals surface area contributed by atoms with Gasteiger partial charge in [0.15, 0.2) is 5.82 Å². The number of anilines is 1. The number of nitrogens with zero attached hydrogens (tertiary/aromatic N) is 2. The molecule has 0 aromatic carbocycles. The van der Waals surface area contributed by atoms with Gasteiger partial charge in [-0.05, 0) is 19.1 Å². The summed E-state index contributed by atoms with van der Waals surface area (Å²) < 4.78 is 10.4. The van der Waals surface area contributed by atoms with Crippen molar-refractivity contribution in [1.29, 1.82) is 0 Å². The van der Waals surface area contributed by atoms with E-state index in [9.17, 15) is 0 Å². The van der Waals surface area contributed by atoms with Gasteiger partial charge in [-0.25, -0.2) is 0 Å². The van der Waals surface area contributed by atoms with Crippen molar-refractivity contribution in [3.8, 4) is 0 Å². The number of aryl methyl sites for hydroxylation is 2. The molecule has 0 aliphatic heterocycles. The van der Waals surface area contributed by atoms with E-state index in [1.807, 2.05) is 12.1 Å². The Morgan fingerprint density at radius 3 is 2.73 bits per heavy atom. The van der Waals surface area contributed by atoms with Crippen LogP contribution in [0.2, 0.25) is 0 Å². The Balaban J connectivity index is 1.93. The van der Waals surface area contributed by atoms with Gasteiger partial charge in [0.2, 0.25) is 0 Å². The molecule has 0 aliphatic rings. The largest absolute Gasteiger partial charge is 0.464 e. The van der Waals surface area contributed by atoms with Crippen LogP contribution in [0.1, 0.15) is 24.3 Å². The van der Waals surface area contributed by atoms with Crippen LogP contribution in [-0.2, 0) is 13.0 Å². The van der Waals surface area contributed by atoms with E-state index < -0.39 is 0 Å². The molecule has 0 radical (unpaired) electrons. The molecule has 15 heavy (non-hydrogen) atoms. The maximum absolute atomic E-state index is 5.51. The second-order valence-electron chi connectivity index (χ2n) is 3.22. The molecule has 0 bridgehead atoms. The molecule has 2 aromatic heterocycles. The summed E-state index contributed by atoms with van der Waals surface area (Å²) in [5.41, 5.74) is 0. The van der Waals surface area contributed by atoms with Crippen LogP contribution >= 0.6 is 0 Å². The Morgan fingerprint density at radius 1 is 1.33 bits per heavy atom. The molecule has 2 rings (SSSR count). The van der Waals surface area contributed by atoms with Crippen LogP contribution in [0.25, 0.3) is 0 Å². The fourth-order valence-corrected chi connectivity index (χ4v) is 1.24. The van der Waals surface area contributed by atoms with Crippen LogP contribution in [0.5, 0.6) is 0 Å². The molecular weight excluding hydrogens is 194 g/mol. The number of aromatic nitrogens is 2. The van der Waals surface area contributed by atoms with E-state index in [0.29, 0.717) is 18.4 Å². The summed E-state index contributed by atoms with van der Waals surface area (Å²) in [6.45, 7) is 4.38. The molecule has 0 unspecified atom stereocenters. The van der Waals surface area contributed by atoms with Crippen LogP contribution < -0.4 is 5.32 Å². The van der Waals surface area contributed by atoms with Gasteiger partial charge in [0.25, 0.3) is 0 Å². The number of nitrogens with one attached hydrogen (secondary N) is 1. The highest BCUT2D eigenvalue weighted by Crippen LogP contribution is 2.10. The highest BCUT2D eigenvalue weighted by atomic mass is 16.5. The summed E-state index contributed by atoms with van der Waals surface area (Å²) >= 11 is 0. The molecule has 1 N–H and O–H groups in total. The molecular formula is C10H13N3O2. The van der Waals surface area contributed by atoms with E-state index >= 15 is 0 Å². The van der Waals surface area contributed by atoms with Crippen LogP contribution in [0.15, 0.2) is 21.1 Å². The zero-order valence-electron chi connectivity index (χ0n) is 8.78. The Hall–Kier alpha value is -1.78. The third-order valence-corrected chi connectivity index (χ3v) is 2.01. The topological polar surface area (TPSA) is 64.1 Å². The molecule has 5 heteroatoms. The number of hydrogen-bond acceptors (Lipinski definition) is 5. The molecule has 0 saturated carbocycles. The lowest BCUT2D eigenvalue weighted by Crippen LogP contribution is -1.98. The monoisotopic (exact) mass is 207 g/mol. The lowest BCUT2D eigenvalue weighted by Gasteiger charge is -1.96. The van der Waals surface area contributed by atoms with Crippen molar-refractivity contribution < 1.29 is 8.94 Å². The summed E-state index contributed by atoms with van der Waals surface area (Å²) in [7, 11) is 0. The second kappa shape index (κ2) is 4.16. The molecule has 0 amide bonds. The SMILES string of the molecule is CCc1ccc(CNc2nc(C)no2)o1. The van der Waals surface area contributed by atoms with Crippen molar-refractivity contribution in [2.75, 3.05) is 5.32 Å². The fourth-order valence-electron chi connectivity index (χ4n) is 1.24. The maximum atomic E-state index is 5.51. The fraction of sp³-hybridized carbons (Fsp3) is 0.400. The zero-order valence-corrected chi connectivity index (χ0v) is 8.78. The highest BCUT2D eigenvalue weighted by Gasteiger charge is 2.04. The molecule has 2 aromatic rings. The predicted molar refractivity (Wildman–Crippen MR) is 54.4 cm³/mol. The first-order chi connectivity index (χ1) is 7.28. The minimum atomic E-state index is 0.418. The van der Waals surface area contributed by atoms with Gasteiger partial charge in [0, 0.05) is 6.42 Å². The van der Waals surface area contributed by atoms with Crippen molar-refractivity contribution >= 4 is 6.01 Å². The number of hydrogen-bond donors (Lipinski definition) is 1.